The Morgan fingerprint density at radius 3 is 2.59 bits per heavy atom. The van der Waals surface area contributed by atoms with Gasteiger partial charge >= 0.3 is 6.03 Å². The molecule has 0 unspecified atom stereocenters. The van der Waals surface area contributed by atoms with Gasteiger partial charge in [-0.05, 0) is 30.4 Å². The largest absolute Gasteiger partial charge is 0.325 e. The fraction of sp³-hybridized carbons (Fsp3) is 0.348. The molecule has 2 aromatic carbocycles. The molecule has 29 heavy (non-hydrogen) atoms. The van der Waals surface area contributed by atoms with Crippen LogP contribution in [0.25, 0.3) is 11.1 Å². The lowest BCUT2D eigenvalue weighted by molar-refractivity contribution is -0.136. The maximum Gasteiger partial charge on any atom is 0.325 e. The number of hydrogen-bond donors (Lipinski definition) is 2. The van der Waals surface area contributed by atoms with Gasteiger partial charge in [-0.3, -0.25) is 14.5 Å². The standard InChI is InChI=1S/C23H25N3O3/c1-16-9-7-8-14-23(16)21(28)26(22(29)25-23)15-20(27)24-19-13-6-5-12-18(19)17-10-3-2-4-11-17/h2-6,10-13,16H,7-9,14-15H2,1H3,(H,24,27)(H,25,29)/t16-,23-/m1/s1. The molecule has 2 fully saturated rings. The van der Waals surface area contributed by atoms with E-state index in [2.05, 4.69) is 10.6 Å². The number of hydrogen-bond acceptors (Lipinski definition) is 3. The van der Waals surface area contributed by atoms with Crippen molar-refractivity contribution in [3.63, 3.8) is 0 Å². The fourth-order valence-electron chi connectivity index (χ4n) is 4.43. The third-order valence-electron chi connectivity index (χ3n) is 6.09. The quantitative estimate of drug-likeness (QED) is 0.779. The fourth-order valence-corrected chi connectivity index (χ4v) is 4.43. The Labute approximate surface area is 170 Å². The molecule has 0 bridgehead atoms. The van der Waals surface area contributed by atoms with E-state index < -0.39 is 17.5 Å². The van der Waals surface area contributed by atoms with E-state index in [-0.39, 0.29) is 18.4 Å². The summed E-state index contributed by atoms with van der Waals surface area (Å²) in [5.74, 6) is -0.599. The number of carbonyl (C=O) groups excluding carboxylic acids is 3. The lowest BCUT2D eigenvalue weighted by Gasteiger charge is -2.36. The van der Waals surface area contributed by atoms with Crippen LogP contribution in [0.5, 0.6) is 0 Å². The molecule has 1 heterocycles. The predicted octanol–water partition coefficient (Wildman–Crippen LogP) is 3.79. The van der Waals surface area contributed by atoms with Crippen LogP contribution in [0.2, 0.25) is 0 Å². The molecule has 150 valence electrons. The van der Waals surface area contributed by atoms with Crippen molar-refractivity contribution in [2.24, 2.45) is 5.92 Å². The highest BCUT2D eigenvalue weighted by atomic mass is 16.2. The Balaban J connectivity index is 1.50. The van der Waals surface area contributed by atoms with Crippen LogP contribution in [0, 0.1) is 5.92 Å². The number of imide groups is 1. The summed E-state index contributed by atoms with van der Waals surface area (Å²) < 4.78 is 0. The van der Waals surface area contributed by atoms with Crippen LogP contribution in [0.4, 0.5) is 10.5 Å². The molecule has 2 atom stereocenters. The minimum atomic E-state index is -0.850. The Morgan fingerprint density at radius 1 is 1.10 bits per heavy atom. The second kappa shape index (κ2) is 7.70. The van der Waals surface area contributed by atoms with Gasteiger partial charge in [-0.1, -0.05) is 68.3 Å². The summed E-state index contributed by atoms with van der Waals surface area (Å²) in [5.41, 5.74) is 1.67. The minimum absolute atomic E-state index is 0.0690. The first-order valence-electron chi connectivity index (χ1n) is 10.1. The van der Waals surface area contributed by atoms with Crippen LogP contribution in [-0.2, 0) is 9.59 Å². The lowest BCUT2D eigenvalue weighted by atomic mass is 9.73. The Morgan fingerprint density at radius 2 is 1.83 bits per heavy atom. The number of para-hydroxylation sites is 1. The number of rotatable bonds is 4. The first kappa shape index (κ1) is 19.2. The number of nitrogens with zero attached hydrogens (tertiary/aromatic N) is 1. The smallest absolute Gasteiger partial charge is 0.324 e. The Kier molecular flexibility index (Phi) is 5.09. The van der Waals surface area contributed by atoms with Gasteiger partial charge in [0, 0.05) is 11.3 Å². The van der Waals surface area contributed by atoms with E-state index in [0.717, 1.165) is 35.3 Å². The summed E-state index contributed by atoms with van der Waals surface area (Å²) in [6.45, 7) is 1.71. The number of amides is 4. The monoisotopic (exact) mass is 391 g/mol. The zero-order valence-corrected chi connectivity index (χ0v) is 16.5. The molecule has 4 rings (SSSR count). The van der Waals surface area contributed by atoms with Crippen molar-refractivity contribution in [1.29, 1.82) is 0 Å². The third kappa shape index (κ3) is 3.50. The van der Waals surface area contributed by atoms with E-state index >= 15 is 0 Å². The molecular formula is C23H25N3O3. The van der Waals surface area contributed by atoms with E-state index in [1.807, 2.05) is 61.5 Å². The third-order valence-corrected chi connectivity index (χ3v) is 6.09. The number of urea groups is 1. The zero-order valence-electron chi connectivity index (χ0n) is 16.5. The molecule has 6 nitrogen and oxygen atoms in total. The lowest BCUT2D eigenvalue weighted by Crippen LogP contribution is -2.54. The van der Waals surface area contributed by atoms with E-state index in [1.54, 1.807) is 0 Å². The maximum absolute atomic E-state index is 13.0. The number of nitrogens with one attached hydrogen (secondary N) is 2. The summed E-state index contributed by atoms with van der Waals surface area (Å²) in [7, 11) is 0. The Bertz CT molecular complexity index is 943. The normalized spacial score (nSPS) is 23.9. The van der Waals surface area contributed by atoms with Crippen LogP contribution in [0.15, 0.2) is 54.6 Å². The predicted molar refractivity (Wildman–Crippen MR) is 111 cm³/mol. The van der Waals surface area contributed by atoms with Crippen LogP contribution in [0.1, 0.15) is 32.6 Å². The molecule has 0 aromatic heterocycles. The van der Waals surface area contributed by atoms with Crippen LogP contribution in [-0.4, -0.2) is 34.8 Å². The van der Waals surface area contributed by atoms with E-state index in [9.17, 15) is 14.4 Å². The molecular weight excluding hydrogens is 366 g/mol. The molecule has 6 heteroatoms. The number of anilines is 1. The average Bonchev–Trinajstić information content (AvgIpc) is 2.96. The van der Waals surface area contributed by atoms with E-state index in [4.69, 9.17) is 0 Å². The molecule has 1 aliphatic carbocycles. The highest BCUT2D eigenvalue weighted by Crippen LogP contribution is 2.38. The first-order valence-corrected chi connectivity index (χ1v) is 10.1. The topological polar surface area (TPSA) is 78.5 Å². The molecule has 2 aliphatic rings. The molecule has 2 aromatic rings. The van der Waals surface area contributed by atoms with Gasteiger partial charge in [0.05, 0.1) is 0 Å². The van der Waals surface area contributed by atoms with Crippen molar-refractivity contribution >= 4 is 23.5 Å². The molecule has 2 N–H and O–H groups in total. The van der Waals surface area contributed by atoms with Crippen molar-refractivity contribution < 1.29 is 14.4 Å². The number of carbonyl (C=O) groups is 3. The molecule has 1 aliphatic heterocycles. The molecule has 1 saturated carbocycles. The van der Waals surface area contributed by atoms with Crippen molar-refractivity contribution in [1.82, 2.24) is 10.2 Å². The highest BCUT2D eigenvalue weighted by Gasteiger charge is 2.55. The molecule has 0 radical (unpaired) electrons. The van der Waals surface area contributed by atoms with Crippen molar-refractivity contribution in [3.05, 3.63) is 54.6 Å². The van der Waals surface area contributed by atoms with Crippen LogP contribution < -0.4 is 10.6 Å². The second-order valence-electron chi connectivity index (χ2n) is 7.90. The molecule has 1 saturated heterocycles. The van der Waals surface area contributed by atoms with Crippen LogP contribution >= 0.6 is 0 Å². The van der Waals surface area contributed by atoms with Crippen molar-refractivity contribution in [2.75, 3.05) is 11.9 Å². The minimum Gasteiger partial charge on any atom is -0.324 e. The molecule has 1 spiro atoms. The van der Waals surface area contributed by atoms with Gasteiger partial charge in [0.15, 0.2) is 0 Å². The van der Waals surface area contributed by atoms with Gasteiger partial charge in [-0.25, -0.2) is 4.79 Å². The van der Waals surface area contributed by atoms with Crippen molar-refractivity contribution in [2.45, 2.75) is 38.1 Å². The number of benzene rings is 2. The van der Waals surface area contributed by atoms with Gasteiger partial charge < -0.3 is 10.6 Å². The second-order valence-corrected chi connectivity index (χ2v) is 7.90. The highest BCUT2D eigenvalue weighted by molar-refractivity contribution is 6.10. The summed E-state index contributed by atoms with van der Waals surface area (Å²) in [5, 5.41) is 5.75. The van der Waals surface area contributed by atoms with Gasteiger partial charge in [0.2, 0.25) is 5.91 Å². The molecule has 4 amide bonds. The summed E-state index contributed by atoms with van der Waals surface area (Å²) >= 11 is 0. The van der Waals surface area contributed by atoms with Gasteiger partial charge in [-0.15, -0.1) is 0 Å². The van der Waals surface area contributed by atoms with Gasteiger partial charge in [0.25, 0.3) is 5.91 Å². The summed E-state index contributed by atoms with van der Waals surface area (Å²) in [4.78, 5) is 39.3. The maximum atomic E-state index is 13.0. The SMILES string of the molecule is C[C@@H]1CCCC[C@@]12NC(=O)N(CC(=O)Nc1ccccc1-c1ccccc1)C2=O. The van der Waals surface area contributed by atoms with E-state index in [1.165, 1.54) is 0 Å². The van der Waals surface area contributed by atoms with Crippen molar-refractivity contribution in [3.8, 4) is 11.1 Å². The zero-order chi connectivity index (χ0) is 20.4. The van der Waals surface area contributed by atoms with Gasteiger partial charge in [-0.2, -0.15) is 0 Å². The van der Waals surface area contributed by atoms with Crippen LogP contribution in [0.3, 0.4) is 0 Å². The first-order chi connectivity index (χ1) is 14.0. The van der Waals surface area contributed by atoms with E-state index in [0.29, 0.717) is 12.1 Å². The summed E-state index contributed by atoms with van der Waals surface area (Å²) in [6.07, 6.45) is 3.49. The summed E-state index contributed by atoms with van der Waals surface area (Å²) in [6, 6.07) is 16.8. The average molecular weight is 391 g/mol. The van der Waals surface area contributed by atoms with Gasteiger partial charge in [0.1, 0.15) is 12.1 Å². The Hall–Kier alpha value is -3.15.